The maximum absolute atomic E-state index is 11.8. The zero-order chi connectivity index (χ0) is 16.2. The molecule has 0 bridgehead atoms. The van der Waals surface area contributed by atoms with Crippen LogP contribution in [-0.2, 0) is 11.2 Å². The number of rotatable bonds is 6. The van der Waals surface area contributed by atoms with E-state index in [0.29, 0.717) is 6.04 Å². The average Bonchev–Trinajstić information content (AvgIpc) is 3.39. The molecule has 0 radical (unpaired) electrons. The molecular weight excluding hydrogens is 294 g/mol. The molecule has 0 unspecified atom stereocenters. The quantitative estimate of drug-likeness (QED) is 0.644. The Balaban J connectivity index is 1.38. The monoisotopic (exact) mass is 317 g/mol. The predicted molar refractivity (Wildman–Crippen MR) is 87.1 cm³/mol. The first kappa shape index (κ1) is 15.9. The summed E-state index contributed by atoms with van der Waals surface area (Å²) in [6.45, 7) is 2.96. The fraction of sp³-hybridized carbons (Fsp3) is 0.588. The van der Waals surface area contributed by atoms with Crippen molar-refractivity contribution in [1.82, 2.24) is 10.2 Å². The van der Waals surface area contributed by atoms with Crippen LogP contribution >= 0.6 is 0 Å². The van der Waals surface area contributed by atoms with Crippen LogP contribution in [0.3, 0.4) is 0 Å². The number of carbonyl (C=O) groups excluding carboxylic acids is 1. The molecule has 1 saturated heterocycles. The molecule has 1 amide bonds. The molecule has 1 aliphatic heterocycles. The molecule has 6 nitrogen and oxygen atoms in total. The Bertz CT molecular complexity index is 561. The maximum atomic E-state index is 11.8. The van der Waals surface area contributed by atoms with Crippen LogP contribution in [0, 0.1) is 16.0 Å². The van der Waals surface area contributed by atoms with Gasteiger partial charge in [0.1, 0.15) is 0 Å². The van der Waals surface area contributed by atoms with E-state index >= 15 is 0 Å². The minimum absolute atomic E-state index is 0.140. The Labute approximate surface area is 136 Å². The van der Waals surface area contributed by atoms with E-state index in [0.717, 1.165) is 57.3 Å². The van der Waals surface area contributed by atoms with Gasteiger partial charge in [-0.05, 0) is 37.7 Å². The molecule has 0 aromatic heterocycles. The lowest BCUT2D eigenvalue weighted by Gasteiger charge is -2.32. The van der Waals surface area contributed by atoms with Crippen LogP contribution in [0.2, 0.25) is 0 Å². The van der Waals surface area contributed by atoms with Gasteiger partial charge in [-0.2, -0.15) is 0 Å². The largest absolute Gasteiger partial charge is 0.353 e. The van der Waals surface area contributed by atoms with Gasteiger partial charge in [0.2, 0.25) is 5.91 Å². The first-order chi connectivity index (χ1) is 11.1. The van der Waals surface area contributed by atoms with Gasteiger partial charge in [-0.15, -0.1) is 0 Å². The molecule has 1 aromatic rings. The van der Waals surface area contributed by atoms with Gasteiger partial charge in [0.05, 0.1) is 4.92 Å². The molecule has 23 heavy (non-hydrogen) atoms. The summed E-state index contributed by atoms with van der Waals surface area (Å²) in [5, 5.41) is 13.8. The molecule has 6 heteroatoms. The summed E-state index contributed by atoms with van der Waals surface area (Å²) in [7, 11) is 0. The number of nitro benzene ring substituents is 1. The second-order valence-electron chi connectivity index (χ2n) is 6.57. The Kier molecular flexibility index (Phi) is 4.91. The van der Waals surface area contributed by atoms with Crippen molar-refractivity contribution in [3.8, 4) is 0 Å². The third kappa shape index (κ3) is 4.51. The van der Waals surface area contributed by atoms with Gasteiger partial charge in [0, 0.05) is 43.7 Å². The minimum atomic E-state index is -0.371. The average molecular weight is 317 g/mol. The smallest absolute Gasteiger partial charge is 0.269 e. The van der Waals surface area contributed by atoms with Crippen molar-refractivity contribution in [3.05, 3.63) is 39.9 Å². The van der Waals surface area contributed by atoms with Crippen LogP contribution in [-0.4, -0.2) is 41.4 Å². The highest BCUT2D eigenvalue weighted by atomic mass is 16.6. The van der Waals surface area contributed by atoms with Crippen molar-refractivity contribution in [2.75, 3.05) is 19.6 Å². The molecule has 1 aliphatic carbocycles. The summed E-state index contributed by atoms with van der Waals surface area (Å²) in [5.41, 5.74) is 1.26. The lowest BCUT2D eigenvalue weighted by atomic mass is 10.0. The van der Waals surface area contributed by atoms with Gasteiger partial charge in [-0.1, -0.05) is 12.1 Å². The summed E-state index contributed by atoms with van der Waals surface area (Å²) < 4.78 is 0. The van der Waals surface area contributed by atoms with E-state index in [1.807, 2.05) is 12.1 Å². The van der Waals surface area contributed by atoms with Crippen LogP contribution in [0.15, 0.2) is 24.3 Å². The summed E-state index contributed by atoms with van der Waals surface area (Å²) in [6, 6.07) is 7.13. The summed E-state index contributed by atoms with van der Waals surface area (Å²) >= 11 is 0. The van der Waals surface area contributed by atoms with E-state index in [2.05, 4.69) is 10.2 Å². The molecule has 1 saturated carbocycles. The first-order valence-electron chi connectivity index (χ1n) is 8.38. The number of likely N-dealkylation sites (tertiary alicyclic amines) is 1. The lowest BCUT2D eigenvalue weighted by molar-refractivity contribution is -0.384. The zero-order valence-corrected chi connectivity index (χ0v) is 13.2. The van der Waals surface area contributed by atoms with Crippen molar-refractivity contribution in [2.45, 2.75) is 38.1 Å². The van der Waals surface area contributed by atoms with Crippen LogP contribution in [0.5, 0.6) is 0 Å². The van der Waals surface area contributed by atoms with Crippen LogP contribution in [0.25, 0.3) is 0 Å². The van der Waals surface area contributed by atoms with E-state index in [-0.39, 0.29) is 22.4 Å². The van der Waals surface area contributed by atoms with Gasteiger partial charge >= 0.3 is 0 Å². The van der Waals surface area contributed by atoms with E-state index in [1.165, 1.54) is 0 Å². The standard InChI is InChI=1S/C17H23N3O3/c21-17(14-3-4-14)18-15-8-11-19(12-9-15)10-7-13-1-5-16(6-2-13)20(22)23/h1-2,5-6,14-15H,3-4,7-12H2,(H,18,21). The fourth-order valence-electron chi connectivity index (χ4n) is 3.04. The molecule has 1 aromatic carbocycles. The van der Waals surface area contributed by atoms with Crippen LogP contribution < -0.4 is 5.32 Å². The van der Waals surface area contributed by atoms with Crippen molar-refractivity contribution >= 4 is 11.6 Å². The van der Waals surface area contributed by atoms with Gasteiger partial charge < -0.3 is 10.2 Å². The maximum Gasteiger partial charge on any atom is 0.269 e. The number of hydrogen-bond acceptors (Lipinski definition) is 4. The number of nitrogens with one attached hydrogen (secondary N) is 1. The molecule has 3 rings (SSSR count). The third-order valence-electron chi connectivity index (χ3n) is 4.75. The summed E-state index contributed by atoms with van der Waals surface area (Å²) in [6.07, 6.45) is 5.04. The topological polar surface area (TPSA) is 75.5 Å². The minimum Gasteiger partial charge on any atom is -0.353 e. The Morgan fingerprint density at radius 3 is 2.39 bits per heavy atom. The van der Waals surface area contributed by atoms with Crippen LogP contribution in [0.1, 0.15) is 31.2 Å². The zero-order valence-electron chi connectivity index (χ0n) is 13.2. The number of hydrogen-bond donors (Lipinski definition) is 1. The number of amides is 1. The molecule has 1 N–H and O–H groups in total. The fourth-order valence-corrected chi connectivity index (χ4v) is 3.04. The van der Waals surface area contributed by atoms with Crippen molar-refractivity contribution in [2.24, 2.45) is 5.92 Å². The highest BCUT2D eigenvalue weighted by molar-refractivity contribution is 5.81. The summed E-state index contributed by atoms with van der Waals surface area (Å²) in [5.74, 6) is 0.532. The third-order valence-corrected chi connectivity index (χ3v) is 4.75. The van der Waals surface area contributed by atoms with E-state index in [4.69, 9.17) is 0 Å². The van der Waals surface area contributed by atoms with Crippen molar-refractivity contribution in [3.63, 3.8) is 0 Å². The first-order valence-corrected chi connectivity index (χ1v) is 8.38. The van der Waals surface area contributed by atoms with Crippen molar-refractivity contribution < 1.29 is 9.72 Å². The van der Waals surface area contributed by atoms with Crippen molar-refractivity contribution in [1.29, 1.82) is 0 Å². The number of nitrogens with zero attached hydrogens (tertiary/aromatic N) is 2. The highest BCUT2D eigenvalue weighted by Gasteiger charge is 2.31. The van der Waals surface area contributed by atoms with Gasteiger partial charge in [-0.25, -0.2) is 0 Å². The van der Waals surface area contributed by atoms with E-state index in [9.17, 15) is 14.9 Å². The lowest BCUT2D eigenvalue weighted by Crippen LogP contribution is -2.45. The highest BCUT2D eigenvalue weighted by Crippen LogP contribution is 2.29. The Morgan fingerprint density at radius 2 is 1.83 bits per heavy atom. The van der Waals surface area contributed by atoms with Gasteiger partial charge in [-0.3, -0.25) is 14.9 Å². The van der Waals surface area contributed by atoms with E-state index in [1.54, 1.807) is 12.1 Å². The van der Waals surface area contributed by atoms with Crippen LogP contribution in [0.4, 0.5) is 5.69 Å². The molecular formula is C17H23N3O3. The van der Waals surface area contributed by atoms with Gasteiger partial charge in [0.25, 0.3) is 5.69 Å². The number of piperidine rings is 1. The second-order valence-corrected chi connectivity index (χ2v) is 6.57. The Morgan fingerprint density at radius 1 is 1.17 bits per heavy atom. The summed E-state index contributed by atoms with van der Waals surface area (Å²) in [4.78, 5) is 24.4. The molecule has 124 valence electrons. The number of nitro groups is 1. The van der Waals surface area contributed by atoms with E-state index < -0.39 is 0 Å². The molecule has 2 fully saturated rings. The molecule has 0 spiro atoms. The Hall–Kier alpha value is -1.95. The molecule has 1 heterocycles. The number of non-ortho nitro benzene ring substituents is 1. The predicted octanol–water partition coefficient (Wildman–Crippen LogP) is 2.13. The second kappa shape index (κ2) is 7.08. The van der Waals surface area contributed by atoms with Gasteiger partial charge in [0.15, 0.2) is 0 Å². The SMILES string of the molecule is O=C(NC1CCN(CCc2ccc([N+](=O)[O-])cc2)CC1)C1CC1. The molecule has 0 atom stereocenters. The number of benzene rings is 1. The normalized spacial score (nSPS) is 19.5. The number of carbonyl (C=O) groups is 1. The molecule has 2 aliphatic rings.